The van der Waals surface area contributed by atoms with E-state index >= 15 is 0 Å². The van der Waals surface area contributed by atoms with Crippen LogP contribution in [0.4, 0.5) is 0 Å². The summed E-state index contributed by atoms with van der Waals surface area (Å²) in [6.45, 7) is 0.0292. The van der Waals surface area contributed by atoms with Crippen molar-refractivity contribution in [3.05, 3.63) is 23.9 Å². The molecule has 1 rings (SSSR count). The summed E-state index contributed by atoms with van der Waals surface area (Å²) in [5.41, 5.74) is 5.00. The average Bonchev–Trinajstić information content (AvgIpc) is 2.15. The summed E-state index contributed by atoms with van der Waals surface area (Å²) in [6.07, 6.45) is 0. The van der Waals surface area contributed by atoms with Crippen LogP contribution in [0.5, 0.6) is 5.88 Å². The number of primary amides is 1. The number of hydrogen-bond acceptors (Lipinski definition) is 4. The number of nitrogens with zero attached hydrogens (tertiary/aromatic N) is 1. The van der Waals surface area contributed by atoms with Crippen LogP contribution in [0.15, 0.2) is 12.1 Å². The molecule has 0 saturated heterocycles. The Morgan fingerprint density at radius 1 is 1.77 bits per heavy atom. The number of aromatic nitrogens is 1. The van der Waals surface area contributed by atoms with Crippen molar-refractivity contribution in [2.75, 3.05) is 13.2 Å². The molecule has 0 aliphatic carbocycles. The van der Waals surface area contributed by atoms with Gasteiger partial charge in [-0.1, -0.05) is 0 Å². The third kappa shape index (κ3) is 2.72. The maximum atomic E-state index is 10.7. The molecule has 0 spiro atoms. The van der Waals surface area contributed by atoms with Crippen molar-refractivity contribution in [2.45, 2.75) is 0 Å². The van der Waals surface area contributed by atoms with Crippen LogP contribution in [0.3, 0.4) is 0 Å². The van der Waals surface area contributed by atoms with Gasteiger partial charge in [0.05, 0.1) is 6.61 Å². The molecule has 0 aromatic carbocycles. The lowest BCUT2D eigenvalue weighted by molar-refractivity contribution is 0.0994. The van der Waals surface area contributed by atoms with E-state index in [0.717, 1.165) is 0 Å². The molecular formula is C8H9N2O3. The smallest absolute Gasteiger partial charge is 0.268 e. The van der Waals surface area contributed by atoms with Crippen LogP contribution in [0.2, 0.25) is 0 Å². The van der Waals surface area contributed by atoms with Crippen molar-refractivity contribution < 1.29 is 14.6 Å². The van der Waals surface area contributed by atoms with E-state index in [2.05, 4.69) is 11.1 Å². The number of amides is 1. The Morgan fingerprint density at radius 2 is 2.54 bits per heavy atom. The zero-order valence-corrected chi connectivity index (χ0v) is 6.86. The summed E-state index contributed by atoms with van der Waals surface area (Å²) in [5, 5.41) is 8.45. The molecule has 1 aromatic rings. The second-order valence-corrected chi connectivity index (χ2v) is 2.21. The summed E-state index contributed by atoms with van der Waals surface area (Å²) in [5.74, 6) is -0.406. The van der Waals surface area contributed by atoms with Gasteiger partial charge in [-0.05, 0) is 6.07 Å². The topological polar surface area (TPSA) is 85.4 Å². The molecule has 0 aliphatic heterocycles. The van der Waals surface area contributed by atoms with Crippen LogP contribution < -0.4 is 10.5 Å². The lowest BCUT2D eigenvalue weighted by atomic mass is 10.3. The molecular weight excluding hydrogens is 172 g/mol. The van der Waals surface area contributed by atoms with E-state index in [1.165, 1.54) is 12.1 Å². The highest BCUT2D eigenvalue weighted by Crippen LogP contribution is 2.05. The number of ether oxygens (including phenoxy) is 1. The third-order valence-electron chi connectivity index (χ3n) is 1.24. The molecule has 5 heteroatoms. The van der Waals surface area contributed by atoms with E-state index in [1.807, 2.05) is 0 Å². The Kier molecular flexibility index (Phi) is 3.22. The number of nitrogens with two attached hydrogens (primary N) is 1. The molecule has 3 N–H and O–H groups in total. The van der Waals surface area contributed by atoms with Crippen molar-refractivity contribution >= 4 is 5.91 Å². The van der Waals surface area contributed by atoms with E-state index in [1.54, 1.807) is 0 Å². The largest absolute Gasteiger partial charge is 0.475 e. The number of rotatable bonds is 4. The normalized spacial score (nSPS) is 9.62. The summed E-state index contributed by atoms with van der Waals surface area (Å²) in [4.78, 5) is 14.4. The molecule has 69 valence electrons. The van der Waals surface area contributed by atoms with Crippen molar-refractivity contribution in [2.24, 2.45) is 5.73 Å². The molecule has 0 unspecified atom stereocenters. The summed E-state index contributed by atoms with van der Waals surface area (Å²) < 4.78 is 4.96. The molecule has 1 radical (unpaired) electrons. The summed E-state index contributed by atoms with van der Waals surface area (Å²) in [6, 6.07) is 5.57. The van der Waals surface area contributed by atoms with Gasteiger partial charge in [-0.15, -0.1) is 0 Å². The number of carbonyl (C=O) groups excluding carboxylic acids is 1. The van der Waals surface area contributed by atoms with Crippen LogP contribution in [0.25, 0.3) is 0 Å². The van der Waals surface area contributed by atoms with E-state index in [9.17, 15) is 4.79 Å². The molecule has 0 atom stereocenters. The minimum atomic E-state index is -0.658. The van der Waals surface area contributed by atoms with Crippen LogP contribution in [-0.2, 0) is 0 Å². The first-order valence-electron chi connectivity index (χ1n) is 3.66. The molecule has 1 aromatic heterocycles. The fraction of sp³-hybridized carbons (Fsp3) is 0.250. The Bertz CT molecular complexity index is 301. The van der Waals surface area contributed by atoms with Gasteiger partial charge in [0.25, 0.3) is 5.91 Å². The van der Waals surface area contributed by atoms with Crippen LogP contribution in [0.1, 0.15) is 10.5 Å². The monoisotopic (exact) mass is 181 g/mol. The van der Waals surface area contributed by atoms with Crippen molar-refractivity contribution in [3.8, 4) is 5.88 Å². The molecule has 1 amide bonds. The van der Waals surface area contributed by atoms with Gasteiger partial charge in [-0.3, -0.25) is 4.79 Å². The highest BCUT2D eigenvalue weighted by atomic mass is 16.5. The first-order chi connectivity index (χ1) is 6.24. The number of aliphatic hydroxyl groups is 1. The van der Waals surface area contributed by atoms with Crippen LogP contribution in [-0.4, -0.2) is 29.2 Å². The third-order valence-corrected chi connectivity index (χ3v) is 1.24. The van der Waals surface area contributed by atoms with Gasteiger partial charge in [-0.25, -0.2) is 4.98 Å². The zero-order chi connectivity index (χ0) is 9.68. The number of pyridine rings is 1. The number of aliphatic hydroxyl groups excluding tert-OH is 1. The second-order valence-electron chi connectivity index (χ2n) is 2.21. The van der Waals surface area contributed by atoms with Crippen LogP contribution in [0, 0.1) is 6.07 Å². The van der Waals surface area contributed by atoms with Gasteiger partial charge >= 0.3 is 0 Å². The Morgan fingerprint density at radius 3 is 3.15 bits per heavy atom. The quantitative estimate of drug-likeness (QED) is 0.646. The van der Waals surface area contributed by atoms with E-state index in [-0.39, 0.29) is 24.8 Å². The van der Waals surface area contributed by atoms with Gasteiger partial charge in [0, 0.05) is 12.1 Å². The van der Waals surface area contributed by atoms with Gasteiger partial charge in [0.15, 0.2) is 0 Å². The second kappa shape index (κ2) is 4.42. The molecule has 0 aliphatic rings. The molecule has 13 heavy (non-hydrogen) atoms. The SMILES string of the molecule is NC(=O)c1[c]ccc(OCCO)n1. The van der Waals surface area contributed by atoms with Gasteiger partial charge < -0.3 is 15.6 Å². The highest BCUT2D eigenvalue weighted by molar-refractivity contribution is 5.90. The van der Waals surface area contributed by atoms with E-state index in [4.69, 9.17) is 15.6 Å². The highest BCUT2D eigenvalue weighted by Gasteiger charge is 2.03. The maximum absolute atomic E-state index is 10.7. The predicted molar refractivity (Wildman–Crippen MR) is 44.2 cm³/mol. The molecule has 0 saturated carbocycles. The Labute approximate surface area is 75.2 Å². The first kappa shape index (κ1) is 9.47. The fourth-order valence-electron chi connectivity index (χ4n) is 0.728. The molecule has 1 heterocycles. The van der Waals surface area contributed by atoms with Crippen molar-refractivity contribution in [3.63, 3.8) is 0 Å². The van der Waals surface area contributed by atoms with Gasteiger partial charge in [0.1, 0.15) is 12.3 Å². The predicted octanol–water partition coefficient (Wildman–Crippen LogP) is -0.648. The van der Waals surface area contributed by atoms with Crippen molar-refractivity contribution in [1.82, 2.24) is 4.98 Å². The molecule has 5 nitrogen and oxygen atoms in total. The fourth-order valence-corrected chi connectivity index (χ4v) is 0.728. The summed E-state index contributed by atoms with van der Waals surface area (Å²) in [7, 11) is 0. The van der Waals surface area contributed by atoms with E-state index in [0.29, 0.717) is 0 Å². The van der Waals surface area contributed by atoms with E-state index < -0.39 is 5.91 Å². The lowest BCUT2D eigenvalue weighted by Crippen LogP contribution is -2.14. The standard InChI is InChI=1S/C8H9N2O3/c9-8(12)6-2-1-3-7(10-6)13-5-4-11/h1,3,11H,4-5H2,(H2,9,12). The number of hydrogen-bond donors (Lipinski definition) is 2. The Hall–Kier alpha value is -1.62. The zero-order valence-electron chi connectivity index (χ0n) is 6.86. The summed E-state index contributed by atoms with van der Waals surface area (Å²) >= 11 is 0. The Balaban J connectivity index is 2.73. The average molecular weight is 181 g/mol. The lowest BCUT2D eigenvalue weighted by Gasteiger charge is -2.02. The first-order valence-corrected chi connectivity index (χ1v) is 3.66. The molecule has 0 fully saturated rings. The van der Waals surface area contributed by atoms with Gasteiger partial charge in [0.2, 0.25) is 5.88 Å². The van der Waals surface area contributed by atoms with Crippen molar-refractivity contribution in [1.29, 1.82) is 0 Å². The minimum Gasteiger partial charge on any atom is -0.475 e. The van der Waals surface area contributed by atoms with Gasteiger partial charge in [-0.2, -0.15) is 0 Å². The minimum absolute atomic E-state index is 0.0236. The number of carbonyl (C=O) groups is 1. The van der Waals surface area contributed by atoms with Crippen LogP contribution >= 0.6 is 0 Å². The maximum Gasteiger partial charge on any atom is 0.268 e. The molecule has 0 bridgehead atoms.